The first-order valence-electron chi connectivity index (χ1n) is 9.33. The van der Waals surface area contributed by atoms with Crippen molar-refractivity contribution in [2.24, 2.45) is 0 Å². The van der Waals surface area contributed by atoms with Crippen molar-refractivity contribution in [3.63, 3.8) is 0 Å². The number of methoxy groups -OCH3 is 1. The Kier molecular flexibility index (Phi) is 5.46. The molecule has 1 atom stereocenters. The molecule has 1 aliphatic rings. The number of hydrogen-bond acceptors (Lipinski definition) is 5. The molecule has 0 radical (unpaired) electrons. The fourth-order valence-electron chi connectivity index (χ4n) is 3.11. The standard InChI is InChI=1S/C21H28N4O2/c1-13(14-6-8-17-15(10-14)7-9-19(26)24-17)22-18-11-16(12-27-5)23-20(25-18)21(2,3)4/h6,8,10-11,13H,7,9,12H2,1-5H3,(H,24,26)(H,22,23,25). The van der Waals surface area contributed by atoms with Crippen molar-refractivity contribution in [2.75, 3.05) is 17.7 Å². The maximum atomic E-state index is 11.5. The maximum absolute atomic E-state index is 11.5. The first-order valence-corrected chi connectivity index (χ1v) is 9.33. The van der Waals surface area contributed by atoms with Gasteiger partial charge in [-0.1, -0.05) is 32.9 Å². The van der Waals surface area contributed by atoms with E-state index >= 15 is 0 Å². The lowest BCUT2D eigenvalue weighted by Gasteiger charge is -2.22. The summed E-state index contributed by atoms with van der Waals surface area (Å²) in [6, 6.07) is 8.20. The van der Waals surface area contributed by atoms with Gasteiger partial charge in [0.25, 0.3) is 0 Å². The molecule has 0 fully saturated rings. The van der Waals surface area contributed by atoms with E-state index in [9.17, 15) is 4.79 Å². The highest BCUT2D eigenvalue weighted by atomic mass is 16.5. The Balaban J connectivity index is 1.84. The van der Waals surface area contributed by atoms with Crippen LogP contribution in [0.4, 0.5) is 11.5 Å². The maximum Gasteiger partial charge on any atom is 0.224 e. The van der Waals surface area contributed by atoms with Crippen LogP contribution < -0.4 is 10.6 Å². The van der Waals surface area contributed by atoms with Gasteiger partial charge in [-0.05, 0) is 30.5 Å². The number of carbonyl (C=O) groups is 1. The Bertz CT molecular complexity index is 843. The lowest BCUT2D eigenvalue weighted by atomic mass is 9.95. The number of hydrogen-bond donors (Lipinski definition) is 2. The molecule has 1 aliphatic heterocycles. The molecule has 27 heavy (non-hydrogen) atoms. The lowest BCUT2D eigenvalue weighted by Crippen LogP contribution is -2.20. The van der Waals surface area contributed by atoms with Crippen molar-refractivity contribution in [1.29, 1.82) is 0 Å². The number of nitrogens with one attached hydrogen (secondary N) is 2. The monoisotopic (exact) mass is 368 g/mol. The minimum Gasteiger partial charge on any atom is -0.378 e. The van der Waals surface area contributed by atoms with Gasteiger partial charge in [0, 0.05) is 36.7 Å². The molecular formula is C21H28N4O2. The van der Waals surface area contributed by atoms with Crippen LogP contribution in [0.5, 0.6) is 0 Å². The normalized spacial score (nSPS) is 15.1. The average Bonchev–Trinajstić information content (AvgIpc) is 2.60. The minimum atomic E-state index is -0.145. The molecule has 1 aromatic carbocycles. The molecule has 1 aromatic heterocycles. The van der Waals surface area contributed by atoms with Gasteiger partial charge in [0.2, 0.25) is 5.91 Å². The number of benzene rings is 1. The molecule has 1 unspecified atom stereocenters. The van der Waals surface area contributed by atoms with Gasteiger partial charge in [-0.3, -0.25) is 4.79 Å². The van der Waals surface area contributed by atoms with Gasteiger partial charge in [0.15, 0.2) is 0 Å². The second-order valence-electron chi connectivity index (χ2n) is 8.08. The fraction of sp³-hybridized carbons (Fsp3) is 0.476. The van der Waals surface area contributed by atoms with Crippen molar-refractivity contribution in [3.8, 4) is 0 Å². The Hall–Kier alpha value is -2.47. The van der Waals surface area contributed by atoms with E-state index in [0.717, 1.165) is 35.0 Å². The zero-order chi connectivity index (χ0) is 19.6. The van der Waals surface area contributed by atoms with Gasteiger partial charge in [-0.15, -0.1) is 0 Å². The zero-order valence-electron chi connectivity index (χ0n) is 16.7. The summed E-state index contributed by atoms with van der Waals surface area (Å²) in [5.41, 5.74) is 3.97. The van der Waals surface area contributed by atoms with Gasteiger partial charge in [-0.2, -0.15) is 0 Å². The topological polar surface area (TPSA) is 76.1 Å². The third-order valence-corrected chi connectivity index (χ3v) is 4.63. The van der Waals surface area contributed by atoms with Crippen molar-refractivity contribution >= 4 is 17.4 Å². The summed E-state index contributed by atoms with van der Waals surface area (Å²) in [6.45, 7) is 8.86. The first-order chi connectivity index (χ1) is 12.8. The molecule has 2 heterocycles. The van der Waals surface area contributed by atoms with Crippen molar-refractivity contribution in [3.05, 3.63) is 46.9 Å². The smallest absolute Gasteiger partial charge is 0.224 e. The van der Waals surface area contributed by atoms with Gasteiger partial charge in [0.1, 0.15) is 11.6 Å². The first kappa shape index (κ1) is 19.3. The zero-order valence-corrected chi connectivity index (χ0v) is 16.7. The van der Waals surface area contributed by atoms with E-state index in [1.165, 1.54) is 5.56 Å². The molecule has 0 spiro atoms. The Morgan fingerprint density at radius 1 is 1.22 bits per heavy atom. The minimum absolute atomic E-state index is 0.0750. The number of aromatic nitrogens is 2. The van der Waals surface area contributed by atoms with Crippen LogP contribution in [0.1, 0.15) is 62.8 Å². The summed E-state index contributed by atoms with van der Waals surface area (Å²) in [7, 11) is 1.67. The molecule has 3 rings (SSSR count). The highest BCUT2D eigenvalue weighted by Gasteiger charge is 2.20. The van der Waals surface area contributed by atoms with Crippen LogP contribution in [0.25, 0.3) is 0 Å². The van der Waals surface area contributed by atoms with Gasteiger partial charge in [-0.25, -0.2) is 9.97 Å². The lowest BCUT2D eigenvalue weighted by molar-refractivity contribution is -0.116. The number of nitrogens with zero attached hydrogens (tertiary/aromatic N) is 2. The molecule has 2 N–H and O–H groups in total. The molecule has 1 amide bonds. The van der Waals surface area contributed by atoms with Gasteiger partial charge < -0.3 is 15.4 Å². The number of carbonyl (C=O) groups excluding carboxylic acids is 1. The molecule has 0 bridgehead atoms. The average molecular weight is 368 g/mol. The highest BCUT2D eigenvalue weighted by Crippen LogP contribution is 2.28. The van der Waals surface area contributed by atoms with E-state index < -0.39 is 0 Å². The van der Waals surface area contributed by atoms with E-state index in [1.807, 2.05) is 18.2 Å². The molecule has 6 heteroatoms. The summed E-state index contributed by atoms with van der Waals surface area (Å²) in [5, 5.41) is 6.42. The van der Waals surface area contributed by atoms with Crippen molar-refractivity contribution in [1.82, 2.24) is 9.97 Å². The number of ether oxygens (including phenoxy) is 1. The van der Waals surface area contributed by atoms with Crippen LogP contribution in [-0.2, 0) is 28.0 Å². The Labute approximate surface area is 160 Å². The highest BCUT2D eigenvalue weighted by molar-refractivity contribution is 5.93. The van der Waals surface area contributed by atoms with E-state index in [4.69, 9.17) is 9.72 Å². The van der Waals surface area contributed by atoms with Crippen LogP contribution >= 0.6 is 0 Å². The van der Waals surface area contributed by atoms with E-state index in [0.29, 0.717) is 13.0 Å². The molecule has 144 valence electrons. The van der Waals surface area contributed by atoms with Crippen LogP contribution in [0.3, 0.4) is 0 Å². The molecule has 2 aromatic rings. The SMILES string of the molecule is COCc1cc(NC(C)c2ccc3c(c2)CCC(=O)N3)nc(C(C)(C)C)n1. The quantitative estimate of drug-likeness (QED) is 0.835. The van der Waals surface area contributed by atoms with Crippen molar-refractivity contribution < 1.29 is 9.53 Å². The molecule has 0 saturated heterocycles. The van der Waals surface area contributed by atoms with Crippen LogP contribution in [0, 0.1) is 0 Å². The van der Waals surface area contributed by atoms with Gasteiger partial charge >= 0.3 is 0 Å². The predicted octanol–water partition coefficient (Wildman–Crippen LogP) is 3.98. The number of anilines is 2. The summed E-state index contributed by atoms with van der Waals surface area (Å²) < 4.78 is 5.26. The summed E-state index contributed by atoms with van der Waals surface area (Å²) in [6.07, 6.45) is 1.32. The fourth-order valence-corrected chi connectivity index (χ4v) is 3.11. The van der Waals surface area contributed by atoms with Crippen molar-refractivity contribution in [2.45, 2.75) is 58.6 Å². The largest absolute Gasteiger partial charge is 0.378 e. The Morgan fingerprint density at radius 3 is 2.70 bits per heavy atom. The van der Waals surface area contributed by atoms with Gasteiger partial charge in [0.05, 0.1) is 12.3 Å². The van der Waals surface area contributed by atoms with E-state index in [1.54, 1.807) is 7.11 Å². The van der Waals surface area contributed by atoms with E-state index in [2.05, 4.69) is 49.4 Å². The van der Waals surface area contributed by atoms with Crippen LogP contribution in [0.2, 0.25) is 0 Å². The second kappa shape index (κ2) is 7.64. The number of amides is 1. The predicted molar refractivity (Wildman–Crippen MR) is 107 cm³/mol. The number of fused-ring (bicyclic) bond motifs is 1. The second-order valence-corrected chi connectivity index (χ2v) is 8.08. The summed E-state index contributed by atoms with van der Waals surface area (Å²) in [4.78, 5) is 20.9. The summed E-state index contributed by atoms with van der Waals surface area (Å²) in [5.74, 6) is 1.67. The number of aryl methyl sites for hydroxylation is 1. The molecule has 6 nitrogen and oxygen atoms in total. The van der Waals surface area contributed by atoms with Crippen LogP contribution in [-0.4, -0.2) is 23.0 Å². The summed E-state index contributed by atoms with van der Waals surface area (Å²) >= 11 is 0. The molecule has 0 aliphatic carbocycles. The molecular weight excluding hydrogens is 340 g/mol. The third kappa shape index (κ3) is 4.63. The van der Waals surface area contributed by atoms with E-state index in [-0.39, 0.29) is 17.4 Å². The Morgan fingerprint density at radius 2 is 2.00 bits per heavy atom. The third-order valence-electron chi connectivity index (χ3n) is 4.63. The van der Waals surface area contributed by atoms with Crippen LogP contribution in [0.15, 0.2) is 24.3 Å². The molecule has 0 saturated carbocycles. The number of rotatable bonds is 5.